The molecule has 1 amide bonds. The number of nitrogens with zero attached hydrogens (tertiary/aromatic N) is 4. The van der Waals surface area contributed by atoms with E-state index in [1.807, 2.05) is 17.9 Å². The molecule has 0 bridgehead atoms. The fourth-order valence-corrected chi connectivity index (χ4v) is 3.26. The summed E-state index contributed by atoms with van der Waals surface area (Å²) in [6.45, 7) is 3.13. The van der Waals surface area contributed by atoms with Crippen molar-refractivity contribution in [1.29, 1.82) is 0 Å². The van der Waals surface area contributed by atoms with Gasteiger partial charge in [-0.3, -0.25) is 4.79 Å². The number of anilines is 1. The maximum atomic E-state index is 13.7. The molecule has 0 radical (unpaired) electrons. The summed E-state index contributed by atoms with van der Waals surface area (Å²) in [6.07, 6.45) is 2.02. The summed E-state index contributed by atoms with van der Waals surface area (Å²) in [4.78, 5) is 24.2. The molecule has 1 aliphatic rings. The highest BCUT2D eigenvalue weighted by Gasteiger charge is 2.38. The van der Waals surface area contributed by atoms with E-state index in [1.165, 1.54) is 17.3 Å². The Morgan fingerprint density at radius 2 is 2.15 bits per heavy atom. The Bertz CT molecular complexity index is 801. The third-order valence-electron chi connectivity index (χ3n) is 4.70. The van der Waals surface area contributed by atoms with Gasteiger partial charge in [-0.2, -0.15) is 0 Å². The molecule has 1 atom stereocenters. The van der Waals surface area contributed by atoms with Gasteiger partial charge in [0.05, 0.1) is 13.0 Å². The molecule has 0 aliphatic carbocycles. The number of benzene rings is 1. The number of carbonyl (C=O) groups excluding carboxylic acids is 1. The maximum Gasteiger partial charge on any atom is 0.226 e. The van der Waals surface area contributed by atoms with Gasteiger partial charge in [-0.25, -0.2) is 14.4 Å². The van der Waals surface area contributed by atoms with Gasteiger partial charge in [0, 0.05) is 31.9 Å². The molecule has 1 aliphatic heterocycles. The number of hydrogen-bond donors (Lipinski definition) is 1. The highest BCUT2D eigenvalue weighted by molar-refractivity contribution is 5.78. The molecule has 6 nitrogen and oxygen atoms in total. The number of carbonyl (C=O) groups is 1. The number of aliphatic hydroxyl groups is 1. The van der Waals surface area contributed by atoms with Gasteiger partial charge in [-0.05, 0) is 25.0 Å². The molecule has 2 aromatic rings. The van der Waals surface area contributed by atoms with Crippen molar-refractivity contribution in [2.45, 2.75) is 25.4 Å². The molecule has 1 fully saturated rings. The molecular formula is C19H23FN4O2. The van der Waals surface area contributed by atoms with Gasteiger partial charge in [0.25, 0.3) is 0 Å². The topological polar surface area (TPSA) is 69.6 Å². The van der Waals surface area contributed by atoms with Gasteiger partial charge in [-0.1, -0.05) is 18.2 Å². The monoisotopic (exact) mass is 358 g/mol. The van der Waals surface area contributed by atoms with Crippen LogP contribution in [-0.4, -0.2) is 58.2 Å². The first-order valence-corrected chi connectivity index (χ1v) is 8.60. The van der Waals surface area contributed by atoms with E-state index in [0.29, 0.717) is 25.1 Å². The largest absolute Gasteiger partial charge is 0.386 e. The van der Waals surface area contributed by atoms with Crippen molar-refractivity contribution in [1.82, 2.24) is 14.9 Å². The fourth-order valence-electron chi connectivity index (χ4n) is 3.26. The molecule has 0 saturated carbocycles. The number of hydrogen-bond acceptors (Lipinski definition) is 5. The van der Waals surface area contributed by atoms with Crippen LogP contribution in [0.4, 0.5) is 10.2 Å². The standard InChI is InChI=1S/C19H23FN4O2/c1-14-9-17(22-13-21-14)24-8-7-19(26,12-24)11-23(2)18(25)10-15-5-3-4-6-16(15)20/h3-6,9,13,26H,7-8,10-12H2,1-2H3/t19-/m0/s1. The van der Waals surface area contributed by atoms with E-state index in [0.717, 1.165) is 11.5 Å². The Labute approximate surface area is 152 Å². The SMILES string of the molecule is Cc1cc(N2CC[C@](O)(CN(C)C(=O)Cc3ccccc3F)C2)ncn1. The number of aryl methyl sites for hydroxylation is 1. The molecule has 7 heteroatoms. The molecule has 1 saturated heterocycles. The number of amides is 1. The number of rotatable bonds is 5. The molecule has 2 heterocycles. The molecule has 138 valence electrons. The van der Waals surface area contributed by atoms with Gasteiger partial charge in [-0.15, -0.1) is 0 Å². The van der Waals surface area contributed by atoms with Crippen LogP contribution >= 0.6 is 0 Å². The zero-order valence-electron chi connectivity index (χ0n) is 15.0. The third-order valence-corrected chi connectivity index (χ3v) is 4.70. The number of aromatic nitrogens is 2. The lowest BCUT2D eigenvalue weighted by atomic mass is 10.0. The van der Waals surface area contributed by atoms with E-state index in [4.69, 9.17) is 0 Å². The second-order valence-electron chi connectivity index (χ2n) is 6.93. The van der Waals surface area contributed by atoms with Gasteiger partial charge in [0.1, 0.15) is 23.6 Å². The average molecular weight is 358 g/mol. The quantitative estimate of drug-likeness (QED) is 0.879. The van der Waals surface area contributed by atoms with Crippen LogP contribution in [-0.2, 0) is 11.2 Å². The van der Waals surface area contributed by atoms with Crippen LogP contribution in [0.5, 0.6) is 0 Å². The first-order chi connectivity index (χ1) is 12.4. The molecular weight excluding hydrogens is 335 g/mol. The summed E-state index contributed by atoms with van der Waals surface area (Å²) in [7, 11) is 1.64. The summed E-state index contributed by atoms with van der Waals surface area (Å²) in [5.41, 5.74) is 0.210. The van der Waals surface area contributed by atoms with E-state index in [2.05, 4.69) is 9.97 Å². The van der Waals surface area contributed by atoms with E-state index >= 15 is 0 Å². The number of halogens is 1. The predicted octanol–water partition coefficient (Wildman–Crippen LogP) is 1.57. The van der Waals surface area contributed by atoms with Crippen molar-refractivity contribution in [3.8, 4) is 0 Å². The lowest BCUT2D eigenvalue weighted by Crippen LogP contribution is -2.46. The second kappa shape index (κ2) is 7.37. The Hall–Kier alpha value is -2.54. The van der Waals surface area contributed by atoms with Gasteiger partial charge in [0.15, 0.2) is 0 Å². The molecule has 0 spiro atoms. The summed E-state index contributed by atoms with van der Waals surface area (Å²) >= 11 is 0. The van der Waals surface area contributed by atoms with Gasteiger partial charge >= 0.3 is 0 Å². The minimum Gasteiger partial charge on any atom is -0.386 e. The van der Waals surface area contributed by atoms with Crippen molar-refractivity contribution >= 4 is 11.7 Å². The Morgan fingerprint density at radius 1 is 1.38 bits per heavy atom. The van der Waals surface area contributed by atoms with Gasteiger partial charge < -0.3 is 14.9 Å². The lowest BCUT2D eigenvalue weighted by molar-refractivity contribution is -0.132. The number of likely N-dealkylation sites (N-methyl/N-ethyl adjacent to an activating group) is 1. The summed E-state index contributed by atoms with van der Waals surface area (Å²) in [5, 5.41) is 10.9. The highest BCUT2D eigenvalue weighted by Crippen LogP contribution is 2.26. The second-order valence-corrected chi connectivity index (χ2v) is 6.93. The van der Waals surface area contributed by atoms with Crippen molar-refractivity contribution in [2.75, 3.05) is 31.6 Å². The first kappa shape index (κ1) is 18.3. The third kappa shape index (κ3) is 4.16. The van der Waals surface area contributed by atoms with Crippen molar-refractivity contribution in [3.05, 3.63) is 53.7 Å². The highest BCUT2D eigenvalue weighted by atomic mass is 19.1. The van der Waals surface area contributed by atoms with Crippen LogP contribution in [0, 0.1) is 12.7 Å². The van der Waals surface area contributed by atoms with E-state index in [9.17, 15) is 14.3 Å². The minimum absolute atomic E-state index is 0.0198. The van der Waals surface area contributed by atoms with E-state index in [-0.39, 0.29) is 24.7 Å². The molecule has 0 unspecified atom stereocenters. The van der Waals surface area contributed by atoms with Crippen LogP contribution in [0.1, 0.15) is 17.7 Å². The van der Waals surface area contributed by atoms with Crippen LogP contribution in [0.25, 0.3) is 0 Å². The van der Waals surface area contributed by atoms with E-state index in [1.54, 1.807) is 25.2 Å². The molecule has 26 heavy (non-hydrogen) atoms. The molecule has 1 aromatic heterocycles. The van der Waals surface area contributed by atoms with Gasteiger partial charge in [0.2, 0.25) is 5.91 Å². The lowest BCUT2D eigenvalue weighted by Gasteiger charge is -2.29. The summed E-state index contributed by atoms with van der Waals surface area (Å²) in [5.74, 6) is 0.160. The van der Waals surface area contributed by atoms with Crippen molar-refractivity contribution < 1.29 is 14.3 Å². The summed E-state index contributed by atoms with van der Waals surface area (Å²) < 4.78 is 13.7. The van der Waals surface area contributed by atoms with E-state index < -0.39 is 5.60 Å². The zero-order chi connectivity index (χ0) is 18.7. The van der Waals surface area contributed by atoms with Crippen molar-refractivity contribution in [2.24, 2.45) is 0 Å². The minimum atomic E-state index is -1.02. The summed E-state index contributed by atoms with van der Waals surface area (Å²) in [6, 6.07) is 8.12. The van der Waals surface area contributed by atoms with Crippen molar-refractivity contribution in [3.63, 3.8) is 0 Å². The first-order valence-electron chi connectivity index (χ1n) is 8.60. The van der Waals surface area contributed by atoms with Crippen LogP contribution in [0.3, 0.4) is 0 Å². The zero-order valence-corrected chi connectivity index (χ0v) is 15.0. The predicted molar refractivity (Wildman–Crippen MR) is 96.3 cm³/mol. The average Bonchev–Trinajstić information content (AvgIpc) is 2.99. The molecule has 1 N–H and O–H groups in total. The smallest absolute Gasteiger partial charge is 0.226 e. The maximum absolute atomic E-state index is 13.7. The van der Waals surface area contributed by atoms with Crippen LogP contribution in [0.2, 0.25) is 0 Å². The fraction of sp³-hybridized carbons (Fsp3) is 0.421. The normalized spacial score (nSPS) is 19.6. The van der Waals surface area contributed by atoms with Crippen LogP contribution < -0.4 is 4.90 Å². The Balaban J connectivity index is 1.61. The number of β-amino-alcohol motifs (C(OH)–C–C–N with tert-alkyl or cyclic N) is 1. The Kier molecular flexibility index (Phi) is 5.18. The Morgan fingerprint density at radius 3 is 2.88 bits per heavy atom. The molecule has 3 rings (SSSR count). The molecule has 1 aromatic carbocycles. The van der Waals surface area contributed by atoms with Crippen LogP contribution in [0.15, 0.2) is 36.7 Å².